The molecule has 0 saturated heterocycles. The molecule has 1 saturated carbocycles. The fraction of sp³-hybridized carbons (Fsp3) is 1.00. The molecule has 1 N–H and O–H groups in total. The zero-order valence-corrected chi connectivity index (χ0v) is 10.3. The molecule has 4 heteroatoms. The summed E-state index contributed by atoms with van der Waals surface area (Å²) in [4.78, 5) is 0. The first-order chi connectivity index (χ1) is 7.20. The van der Waals surface area contributed by atoms with Crippen molar-refractivity contribution in [3.05, 3.63) is 0 Å². The number of nitrogens with one attached hydrogen (secondary N) is 1. The SMILES string of the molecule is CC1CC(C)(C)CC1NCCCC(F)(F)F. The van der Waals surface area contributed by atoms with Crippen molar-refractivity contribution in [3.8, 4) is 0 Å². The largest absolute Gasteiger partial charge is 0.389 e. The van der Waals surface area contributed by atoms with Crippen LogP contribution in [0.5, 0.6) is 0 Å². The molecule has 0 amide bonds. The molecule has 2 unspecified atom stereocenters. The van der Waals surface area contributed by atoms with Crippen LogP contribution in [-0.4, -0.2) is 18.8 Å². The summed E-state index contributed by atoms with van der Waals surface area (Å²) < 4.78 is 35.8. The molecule has 0 spiro atoms. The molecule has 0 aromatic heterocycles. The Kier molecular flexibility index (Phi) is 4.27. The van der Waals surface area contributed by atoms with E-state index in [1.807, 2.05) is 0 Å². The minimum Gasteiger partial charge on any atom is -0.314 e. The standard InChI is InChI=1S/C12H22F3N/c1-9-7-11(2,3)8-10(9)16-6-4-5-12(13,14)15/h9-10,16H,4-8H2,1-3H3. The maximum Gasteiger partial charge on any atom is 0.389 e. The van der Waals surface area contributed by atoms with E-state index in [4.69, 9.17) is 0 Å². The summed E-state index contributed by atoms with van der Waals surface area (Å²) in [6, 6.07) is 0.392. The quantitative estimate of drug-likeness (QED) is 0.734. The third-order valence-electron chi connectivity index (χ3n) is 3.38. The molecule has 0 radical (unpaired) electrons. The molecule has 1 aliphatic carbocycles. The van der Waals surface area contributed by atoms with Crippen LogP contribution in [0.2, 0.25) is 0 Å². The van der Waals surface area contributed by atoms with Crippen molar-refractivity contribution < 1.29 is 13.2 Å². The Balaban J connectivity index is 2.19. The van der Waals surface area contributed by atoms with Gasteiger partial charge in [0.15, 0.2) is 0 Å². The van der Waals surface area contributed by atoms with Gasteiger partial charge in [0.05, 0.1) is 0 Å². The Bertz CT molecular complexity index is 223. The number of rotatable bonds is 4. The second-order valence-corrected chi connectivity index (χ2v) is 5.83. The normalized spacial score (nSPS) is 29.6. The van der Waals surface area contributed by atoms with E-state index in [9.17, 15) is 13.2 Å². The Morgan fingerprint density at radius 1 is 1.25 bits per heavy atom. The molecular weight excluding hydrogens is 215 g/mol. The first-order valence-electron chi connectivity index (χ1n) is 6.00. The summed E-state index contributed by atoms with van der Waals surface area (Å²) in [6.45, 7) is 7.10. The average molecular weight is 237 g/mol. The van der Waals surface area contributed by atoms with Crippen LogP contribution in [0, 0.1) is 11.3 Å². The van der Waals surface area contributed by atoms with E-state index < -0.39 is 12.6 Å². The smallest absolute Gasteiger partial charge is 0.314 e. The second kappa shape index (κ2) is 4.94. The van der Waals surface area contributed by atoms with E-state index in [1.165, 1.54) is 0 Å². The van der Waals surface area contributed by atoms with Gasteiger partial charge >= 0.3 is 6.18 Å². The van der Waals surface area contributed by atoms with E-state index in [1.54, 1.807) is 0 Å². The number of alkyl halides is 3. The van der Waals surface area contributed by atoms with Gasteiger partial charge in [-0.15, -0.1) is 0 Å². The Hall–Kier alpha value is -0.250. The van der Waals surface area contributed by atoms with E-state index in [0.717, 1.165) is 12.8 Å². The molecule has 1 fully saturated rings. The summed E-state index contributed by atoms with van der Waals surface area (Å²) in [6.07, 6.45) is -2.27. The second-order valence-electron chi connectivity index (χ2n) is 5.83. The first-order valence-corrected chi connectivity index (χ1v) is 6.00. The maximum atomic E-state index is 11.9. The van der Waals surface area contributed by atoms with Gasteiger partial charge < -0.3 is 5.32 Å². The van der Waals surface area contributed by atoms with Crippen molar-refractivity contribution in [3.63, 3.8) is 0 Å². The average Bonchev–Trinajstić information content (AvgIpc) is 2.32. The van der Waals surface area contributed by atoms with Gasteiger partial charge in [-0.1, -0.05) is 20.8 Å². The highest BCUT2D eigenvalue weighted by Crippen LogP contribution is 2.40. The fourth-order valence-corrected chi connectivity index (χ4v) is 2.74. The third-order valence-corrected chi connectivity index (χ3v) is 3.38. The summed E-state index contributed by atoms with van der Waals surface area (Å²) in [5, 5.41) is 3.26. The topological polar surface area (TPSA) is 12.0 Å². The molecule has 1 rings (SSSR count). The van der Waals surface area contributed by atoms with Crippen molar-refractivity contribution in [2.24, 2.45) is 11.3 Å². The Labute approximate surface area is 95.8 Å². The van der Waals surface area contributed by atoms with Gasteiger partial charge in [-0.05, 0) is 37.1 Å². The minimum absolute atomic E-state index is 0.188. The van der Waals surface area contributed by atoms with Crippen LogP contribution in [0.4, 0.5) is 13.2 Å². The fourth-order valence-electron chi connectivity index (χ4n) is 2.74. The first kappa shape index (κ1) is 13.8. The van der Waals surface area contributed by atoms with Crippen LogP contribution in [0.1, 0.15) is 46.5 Å². The highest BCUT2D eigenvalue weighted by Gasteiger charge is 2.36. The van der Waals surface area contributed by atoms with E-state index in [-0.39, 0.29) is 6.42 Å². The van der Waals surface area contributed by atoms with Crippen molar-refractivity contribution in [1.82, 2.24) is 5.32 Å². The number of hydrogen-bond donors (Lipinski definition) is 1. The summed E-state index contributed by atoms with van der Waals surface area (Å²) >= 11 is 0. The molecular formula is C12H22F3N. The maximum absolute atomic E-state index is 11.9. The zero-order chi connectivity index (χ0) is 12.4. The van der Waals surface area contributed by atoms with Crippen LogP contribution >= 0.6 is 0 Å². The molecule has 0 bridgehead atoms. The number of halogens is 3. The molecule has 1 aliphatic rings. The highest BCUT2D eigenvalue weighted by atomic mass is 19.4. The van der Waals surface area contributed by atoms with Gasteiger partial charge in [0, 0.05) is 12.5 Å². The van der Waals surface area contributed by atoms with Gasteiger partial charge in [-0.2, -0.15) is 13.2 Å². The molecule has 1 nitrogen and oxygen atoms in total. The molecule has 0 aliphatic heterocycles. The van der Waals surface area contributed by atoms with Crippen molar-refractivity contribution in [2.75, 3.05) is 6.54 Å². The summed E-state index contributed by atoms with van der Waals surface area (Å²) in [5.74, 6) is 0.570. The van der Waals surface area contributed by atoms with Crippen LogP contribution in [0.25, 0.3) is 0 Å². The lowest BCUT2D eigenvalue weighted by Crippen LogP contribution is -2.32. The zero-order valence-electron chi connectivity index (χ0n) is 10.3. The van der Waals surface area contributed by atoms with Gasteiger partial charge in [0.1, 0.15) is 0 Å². The molecule has 0 heterocycles. The Morgan fingerprint density at radius 2 is 1.88 bits per heavy atom. The number of hydrogen-bond acceptors (Lipinski definition) is 1. The van der Waals surface area contributed by atoms with Crippen LogP contribution < -0.4 is 5.32 Å². The van der Waals surface area contributed by atoms with Crippen LogP contribution in [0.15, 0.2) is 0 Å². The molecule has 2 atom stereocenters. The molecule has 96 valence electrons. The molecule has 0 aromatic carbocycles. The van der Waals surface area contributed by atoms with E-state index in [2.05, 4.69) is 26.1 Å². The van der Waals surface area contributed by atoms with E-state index in [0.29, 0.717) is 23.9 Å². The Morgan fingerprint density at radius 3 is 2.31 bits per heavy atom. The van der Waals surface area contributed by atoms with Crippen LogP contribution in [-0.2, 0) is 0 Å². The lowest BCUT2D eigenvalue weighted by Gasteiger charge is -2.18. The summed E-state index contributed by atoms with van der Waals surface area (Å²) in [5.41, 5.74) is 0.334. The lowest BCUT2D eigenvalue weighted by atomic mass is 9.91. The van der Waals surface area contributed by atoms with Gasteiger partial charge in [-0.25, -0.2) is 0 Å². The van der Waals surface area contributed by atoms with Crippen LogP contribution in [0.3, 0.4) is 0 Å². The van der Waals surface area contributed by atoms with Gasteiger partial charge in [-0.3, -0.25) is 0 Å². The van der Waals surface area contributed by atoms with Gasteiger partial charge in [0.2, 0.25) is 0 Å². The highest BCUT2D eigenvalue weighted by molar-refractivity contribution is 4.90. The monoisotopic (exact) mass is 237 g/mol. The predicted molar refractivity (Wildman–Crippen MR) is 59.3 cm³/mol. The van der Waals surface area contributed by atoms with Gasteiger partial charge in [0.25, 0.3) is 0 Å². The minimum atomic E-state index is -4.01. The molecule has 0 aromatic rings. The summed E-state index contributed by atoms with van der Waals surface area (Å²) in [7, 11) is 0. The van der Waals surface area contributed by atoms with Crippen molar-refractivity contribution >= 4 is 0 Å². The van der Waals surface area contributed by atoms with E-state index >= 15 is 0 Å². The molecule has 16 heavy (non-hydrogen) atoms. The van der Waals surface area contributed by atoms with Crippen molar-refractivity contribution in [2.45, 2.75) is 58.7 Å². The third kappa shape index (κ3) is 4.73. The lowest BCUT2D eigenvalue weighted by molar-refractivity contribution is -0.135. The van der Waals surface area contributed by atoms with Crippen molar-refractivity contribution in [1.29, 1.82) is 0 Å². The predicted octanol–water partition coefficient (Wildman–Crippen LogP) is 3.74.